The van der Waals surface area contributed by atoms with E-state index in [-0.39, 0.29) is 6.10 Å². The van der Waals surface area contributed by atoms with Gasteiger partial charge in [0, 0.05) is 37.7 Å². The van der Waals surface area contributed by atoms with Gasteiger partial charge in [0.2, 0.25) is 0 Å². The van der Waals surface area contributed by atoms with Crippen LogP contribution < -0.4 is 9.47 Å². The van der Waals surface area contributed by atoms with Gasteiger partial charge >= 0.3 is 0 Å². The fourth-order valence-electron chi connectivity index (χ4n) is 3.77. The highest BCUT2D eigenvalue weighted by atomic mass is 16.6. The van der Waals surface area contributed by atoms with Crippen molar-refractivity contribution in [1.82, 2.24) is 19.4 Å². The van der Waals surface area contributed by atoms with E-state index in [0.717, 1.165) is 37.6 Å². The second-order valence-electron chi connectivity index (χ2n) is 7.14. The van der Waals surface area contributed by atoms with Crippen LogP contribution in [-0.2, 0) is 19.6 Å². The first-order valence-electron chi connectivity index (χ1n) is 9.33. The van der Waals surface area contributed by atoms with Gasteiger partial charge in [-0.1, -0.05) is 24.3 Å². The molecule has 6 nitrogen and oxygen atoms in total. The van der Waals surface area contributed by atoms with E-state index in [1.807, 2.05) is 18.3 Å². The molecule has 0 saturated carbocycles. The van der Waals surface area contributed by atoms with Crippen molar-refractivity contribution in [3.63, 3.8) is 0 Å². The van der Waals surface area contributed by atoms with E-state index in [4.69, 9.17) is 9.47 Å². The van der Waals surface area contributed by atoms with Gasteiger partial charge in [0.1, 0.15) is 12.4 Å². The summed E-state index contributed by atoms with van der Waals surface area (Å²) in [6.45, 7) is 6.52. The summed E-state index contributed by atoms with van der Waals surface area (Å²) in [5.41, 5.74) is 3.66. The van der Waals surface area contributed by atoms with Crippen molar-refractivity contribution in [3.8, 4) is 11.6 Å². The standard InChI is InChI=1S/C21H22N4O2/c1-15-11-23-20-13-24(9-10-25(15)20)12-16-4-6-17(7-5-16)19-14-26-18-3-2-8-22-21(18)27-19/h2-8,11,19H,9-10,12-14H2,1H3/t19-/m1/s1. The smallest absolute Gasteiger partial charge is 0.257 e. The Morgan fingerprint density at radius 1 is 1.11 bits per heavy atom. The summed E-state index contributed by atoms with van der Waals surface area (Å²) in [6, 6.07) is 12.4. The van der Waals surface area contributed by atoms with Crippen LogP contribution in [0.25, 0.3) is 0 Å². The maximum Gasteiger partial charge on any atom is 0.257 e. The number of hydrogen-bond donors (Lipinski definition) is 0. The van der Waals surface area contributed by atoms with Crippen molar-refractivity contribution < 1.29 is 9.47 Å². The Morgan fingerprint density at radius 3 is 2.89 bits per heavy atom. The molecule has 0 amide bonds. The summed E-state index contributed by atoms with van der Waals surface area (Å²) in [7, 11) is 0. The van der Waals surface area contributed by atoms with Crippen molar-refractivity contribution in [2.75, 3.05) is 13.2 Å². The lowest BCUT2D eigenvalue weighted by molar-refractivity contribution is 0.0850. The molecule has 0 unspecified atom stereocenters. The minimum atomic E-state index is -0.119. The first kappa shape index (κ1) is 16.3. The van der Waals surface area contributed by atoms with E-state index in [9.17, 15) is 0 Å². The SMILES string of the molecule is Cc1cnc2n1CCN(Cc1ccc([C@H]3COc4cccnc4O3)cc1)C2. The molecule has 2 aliphatic heterocycles. The van der Waals surface area contributed by atoms with Crippen LogP contribution in [0.2, 0.25) is 0 Å². The molecular weight excluding hydrogens is 340 g/mol. The van der Waals surface area contributed by atoms with Crippen molar-refractivity contribution in [2.24, 2.45) is 0 Å². The molecule has 27 heavy (non-hydrogen) atoms. The number of fused-ring (bicyclic) bond motifs is 2. The van der Waals surface area contributed by atoms with Gasteiger partial charge in [0.05, 0.1) is 6.54 Å². The zero-order valence-electron chi connectivity index (χ0n) is 15.3. The summed E-state index contributed by atoms with van der Waals surface area (Å²) < 4.78 is 14.1. The van der Waals surface area contributed by atoms with E-state index in [0.29, 0.717) is 18.2 Å². The first-order valence-corrected chi connectivity index (χ1v) is 9.33. The Labute approximate surface area is 158 Å². The van der Waals surface area contributed by atoms with Gasteiger partial charge in [0.15, 0.2) is 11.9 Å². The van der Waals surface area contributed by atoms with Crippen LogP contribution in [0.1, 0.15) is 28.7 Å². The summed E-state index contributed by atoms with van der Waals surface area (Å²) in [4.78, 5) is 11.2. The number of rotatable bonds is 3. The van der Waals surface area contributed by atoms with Gasteiger partial charge < -0.3 is 14.0 Å². The number of aryl methyl sites for hydroxylation is 1. The minimum absolute atomic E-state index is 0.119. The molecule has 0 N–H and O–H groups in total. The van der Waals surface area contributed by atoms with Gasteiger partial charge in [-0.25, -0.2) is 9.97 Å². The lowest BCUT2D eigenvalue weighted by Crippen LogP contribution is -2.33. The van der Waals surface area contributed by atoms with Gasteiger partial charge in [-0.3, -0.25) is 4.90 Å². The van der Waals surface area contributed by atoms with Crippen LogP contribution in [-0.4, -0.2) is 32.6 Å². The third kappa shape index (κ3) is 3.17. The first-order chi connectivity index (χ1) is 13.3. The van der Waals surface area contributed by atoms with E-state index in [1.54, 1.807) is 6.20 Å². The van der Waals surface area contributed by atoms with Crippen molar-refractivity contribution >= 4 is 0 Å². The third-order valence-corrected chi connectivity index (χ3v) is 5.28. The minimum Gasteiger partial charge on any atom is -0.484 e. The van der Waals surface area contributed by atoms with Gasteiger partial charge in [-0.15, -0.1) is 0 Å². The molecule has 0 aliphatic carbocycles. The molecule has 1 atom stereocenters. The molecule has 0 spiro atoms. The monoisotopic (exact) mass is 362 g/mol. The number of hydrogen-bond acceptors (Lipinski definition) is 5. The third-order valence-electron chi connectivity index (χ3n) is 5.28. The predicted molar refractivity (Wildman–Crippen MR) is 101 cm³/mol. The highest BCUT2D eigenvalue weighted by Gasteiger charge is 2.23. The largest absolute Gasteiger partial charge is 0.484 e. The normalized spacial score (nSPS) is 18.9. The maximum atomic E-state index is 5.99. The Hall–Kier alpha value is -2.86. The van der Waals surface area contributed by atoms with E-state index >= 15 is 0 Å². The average molecular weight is 362 g/mol. The molecule has 2 aromatic heterocycles. The lowest BCUT2D eigenvalue weighted by atomic mass is 10.1. The number of aromatic nitrogens is 3. The number of ether oxygens (including phenoxy) is 2. The molecule has 1 aromatic carbocycles. The Balaban J connectivity index is 1.25. The number of benzene rings is 1. The molecule has 0 radical (unpaired) electrons. The summed E-state index contributed by atoms with van der Waals surface area (Å²) in [5, 5.41) is 0. The molecule has 0 bridgehead atoms. The van der Waals surface area contributed by atoms with Crippen molar-refractivity contribution in [3.05, 3.63) is 71.4 Å². The van der Waals surface area contributed by atoms with E-state index in [2.05, 4.69) is 50.6 Å². The molecule has 2 aliphatic rings. The number of pyridine rings is 1. The molecule has 0 saturated heterocycles. The maximum absolute atomic E-state index is 5.99. The van der Waals surface area contributed by atoms with Gasteiger partial charge in [0.25, 0.3) is 5.88 Å². The lowest BCUT2D eigenvalue weighted by Gasteiger charge is -2.28. The van der Waals surface area contributed by atoms with Crippen molar-refractivity contribution in [1.29, 1.82) is 0 Å². The number of nitrogens with zero attached hydrogens (tertiary/aromatic N) is 4. The fourth-order valence-corrected chi connectivity index (χ4v) is 3.77. The topological polar surface area (TPSA) is 52.4 Å². The quantitative estimate of drug-likeness (QED) is 0.717. The average Bonchev–Trinajstić information content (AvgIpc) is 3.08. The summed E-state index contributed by atoms with van der Waals surface area (Å²) in [5.74, 6) is 2.44. The van der Waals surface area contributed by atoms with Crippen LogP contribution in [0.4, 0.5) is 0 Å². The second kappa shape index (κ2) is 6.70. The zero-order valence-corrected chi connectivity index (χ0v) is 15.3. The van der Waals surface area contributed by atoms with E-state index in [1.165, 1.54) is 11.3 Å². The summed E-state index contributed by atoms with van der Waals surface area (Å²) in [6.07, 6.45) is 3.57. The fraction of sp³-hybridized carbons (Fsp3) is 0.333. The van der Waals surface area contributed by atoms with Crippen molar-refractivity contribution in [2.45, 2.75) is 32.7 Å². The van der Waals surface area contributed by atoms with Crippen LogP contribution >= 0.6 is 0 Å². The second-order valence-corrected chi connectivity index (χ2v) is 7.14. The molecule has 4 heterocycles. The molecule has 5 rings (SSSR count). The Morgan fingerprint density at radius 2 is 2.00 bits per heavy atom. The highest BCUT2D eigenvalue weighted by Crippen LogP contribution is 2.34. The van der Waals surface area contributed by atoms with Gasteiger partial charge in [-0.2, -0.15) is 0 Å². The van der Waals surface area contributed by atoms with Crippen LogP contribution in [0, 0.1) is 6.92 Å². The molecule has 6 heteroatoms. The van der Waals surface area contributed by atoms with E-state index < -0.39 is 0 Å². The zero-order chi connectivity index (χ0) is 18.2. The van der Waals surface area contributed by atoms with Crippen LogP contribution in [0.5, 0.6) is 11.6 Å². The molecule has 0 fully saturated rings. The Kier molecular flexibility index (Phi) is 4.05. The molecule has 138 valence electrons. The summed E-state index contributed by atoms with van der Waals surface area (Å²) >= 11 is 0. The van der Waals surface area contributed by atoms with Crippen LogP contribution in [0.3, 0.4) is 0 Å². The highest BCUT2D eigenvalue weighted by molar-refractivity contribution is 5.36. The predicted octanol–water partition coefficient (Wildman–Crippen LogP) is 3.11. The van der Waals surface area contributed by atoms with Crippen LogP contribution in [0.15, 0.2) is 48.8 Å². The van der Waals surface area contributed by atoms with Gasteiger partial charge in [-0.05, 0) is 30.2 Å². The Bertz CT molecular complexity index is 951. The molecule has 3 aromatic rings. The molecular formula is C21H22N4O2. The number of imidazole rings is 1.